The summed E-state index contributed by atoms with van der Waals surface area (Å²) >= 11 is 0. The van der Waals surface area contributed by atoms with Crippen LogP contribution in [0.1, 0.15) is 22.8 Å². The maximum atomic E-state index is 12.6. The molecule has 1 aliphatic rings. The molecule has 1 amide bonds. The number of anilines is 2. The number of ether oxygens (including phenoxy) is 2. The van der Waals surface area contributed by atoms with Crippen LogP contribution < -0.4 is 19.7 Å². The van der Waals surface area contributed by atoms with Crippen molar-refractivity contribution >= 4 is 17.4 Å². The number of nitrogens with one attached hydrogen (secondary N) is 1. The Labute approximate surface area is 163 Å². The Morgan fingerprint density at radius 2 is 1.89 bits per heavy atom. The Morgan fingerprint density at radius 1 is 1.07 bits per heavy atom. The first kappa shape index (κ1) is 17.9. The lowest BCUT2D eigenvalue weighted by Gasteiger charge is -2.22. The van der Waals surface area contributed by atoms with Gasteiger partial charge in [0.2, 0.25) is 6.79 Å². The first-order valence-electron chi connectivity index (χ1n) is 9.20. The number of nitrogens with zero attached hydrogens (tertiary/aromatic N) is 2. The molecule has 1 aromatic heterocycles. The summed E-state index contributed by atoms with van der Waals surface area (Å²) < 4.78 is 10.7. The molecule has 142 valence electrons. The third-order valence-corrected chi connectivity index (χ3v) is 4.56. The first-order valence-corrected chi connectivity index (χ1v) is 9.20. The number of carbonyl (C=O) groups excluding carboxylic acids is 1. The van der Waals surface area contributed by atoms with Gasteiger partial charge in [-0.25, -0.2) is 4.98 Å². The van der Waals surface area contributed by atoms with E-state index in [0.29, 0.717) is 17.9 Å². The van der Waals surface area contributed by atoms with Crippen LogP contribution in [-0.2, 0) is 6.54 Å². The van der Waals surface area contributed by atoms with E-state index in [1.807, 2.05) is 54.6 Å². The van der Waals surface area contributed by atoms with Crippen molar-refractivity contribution in [2.24, 2.45) is 0 Å². The molecule has 0 spiro atoms. The predicted molar refractivity (Wildman–Crippen MR) is 107 cm³/mol. The minimum absolute atomic E-state index is 0.148. The van der Waals surface area contributed by atoms with Gasteiger partial charge < -0.3 is 19.7 Å². The van der Waals surface area contributed by atoms with Crippen LogP contribution >= 0.6 is 0 Å². The fourth-order valence-electron chi connectivity index (χ4n) is 3.13. The number of aromatic nitrogens is 1. The number of hydrogen-bond donors (Lipinski definition) is 1. The Morgan fingerprint density at radius 3 is 2.71 bits per heavy atom. The Balaban J connectivity index is 1.47. The minimum Gasteiger partial charge on any atom is -0.454 e. The summed E-state index contributed by atoms with van der Waals surface area (Å²) in [7, 11) is 0. The average molecular weight is 375 g/mol. The van der Waals surface area contributed by atoms with Crippen LogP contribution in [0.3, 0.4) is 0 Å². The summed E-state index contributed by atoms with van der Waals surface area (Å²) in [6.45, 7) is 3.45. The van der Waals surface area contributed by atoms with Gasteiger partial charge in [0.05, 0.1) is 0 Å². The second-order valence-electron chi connectivity index (χ2n) is 6.35. The van der Waals surface area contributed by atoms with E-state index in [2.05, 4.69) is 22.1 Å². The molecule has 0 radical (unpaired) electrons. The van der Waals surface area contributed by atoms with E-state index in [0.717, 1.165) is 29.4 Å². The van der Waals surface area contributed by atoms with E-state index in [4.69, 9.17) is 9.47 Å². The van der Waals surface area contributed by atoms with Gasteiger partial charge in [0.1, 0.15) is 5.82 Å². The zero-order valence-electron chi connectivity index (χ0n) is 15.6. The molecule has 1 aliphatic heterocycles. The third-order valence-electron chi connectivity index (χ3n) is 4.56. The molecule has 1 N–H and O–H groups in total. The number of carbonyl (C=O) groups is 1. The van der Waals surface area contributed by atoms with E-state index < -0.39 is 0 Å². The van der Waals surface area contributed by atoms with Gasteiger partial charge in [0, 0.05) is 30.5 Å². The monoisotopic (exact) mass is 375 g/mol. The number of hydrogen-bond acceptors (Lipinski definition) is 5. The number of benzene rings is 2. The molecule has 0 atom stereocenters. The van der Waals surface area contributed by atoms with Crippen LogP contribution in [-0.4, -0.2) is 24.2 Å². The van der Waals surface area contributed by atoms with Crippen LogP contribution in [0.4, 0.5) is 11.5 Å². The van der Waals surface area contributed by atoms with Gasteiger partial charge in [-0.1, -0.05) is 24.3 Å². The van der Waals surface area contributed by atoms with Crippen molar-refractivity contribution in [1.82, 2.24) is 10.3 Å². The summed E-state index contributed by atoms with van der Waals surface area (Å²) in [6.07, 6.45) is 1.66. The van der Waals surface area contributed by atoms with E-state index in [1.54, 1.807) is 12.3 Å². The zero-order valence-corrected chi connectivity index (χ0v) is 15.6. The van der Waals surface area contributed by atoms with Crippen molar-refractivity contribution in [2.45, 2.75) is 13.5 Å². The molecular formula is C22H21N3O3. The number of fused-ring (bicyclic) bond motifs is 1. The molecule has 0 bridgehead atoms. The molecule has 28 heavy (non-hydrogen) atoms. The fourth-order valence-corrected chi connectivity index (χ4v) is 3.13. The largest absolute Gasteiger partial charge is 0.454 e. The van der Waals surface area contributed by atoms with Crippen molar-refractivity contribution in [3.63, 3.8) is 0 Å². The van der Waals surface area contributed by atoms with E-state index >= 15 is 0 Å². The standard InChI is InChI=1S/C22H21N3O3/c1-2-25(18-6-4-3-5-7-18)21-13-17(10-11-23-21)22(26)24-14-16-8-9-19-20(12-16)28-15-27-19/h3-13H,2,14-15H2,1H3,(H,24,26). The highest BCUT2D eigenvalue weighted by molar-refractivity contribution is 5.95. The van der Waals surface area contributed by atoms with Crippen molar-refractivity contribution in [3.05, 3.63) is 78.0 Å². The molecule has 3 aromatic rings. The van der Waals surface area contributed by atoms with Crippen molar-refractivity contribution in [1.29, 1.82) is 0 Å². The highest BCUT2D eigenvalue weighted by Gasteiger charge is 2.15. The van der Waals surface area contributed by atoms with E-state index in [9.17, 15) is 4.79 Å². The summed E-state index contributed by atoms with van der Waals surface area (Å²) in [5.74, 6) is 2.03. The molecule has 4 rings (SSSR count). The van der Waals surface area contributed by atoms with Crippen LogP contribution in [0.2, 0.25) is 0 Å². The Hall–Kier alpha value is -3.54. The normalized spacial score (nSPS) is 11.9. The van der Waals surface area contributed by atoms with Crippen molar-refractivity contribution in [2.75, 3.05) is 18.2 Å². The Kier molecular flexibility index (Phi) is 5.10. The lowest BCUT2D eigenvalue weighted by atomic mass is 10.2. The first-order chi connectivity index (χ1) is 13.7. The van der Waals surface area contributed by atoms with Crippen molar-refractivity contribution < 1.29 is 14.3 Å². The van der Waals surface area contributed by atoms with Gasteiger partial charge >= 0.3 is 0 Å². The van der Waals surface area contributed by atoms with Crippen LogP contribution in [0.5, 0.6) is 11.5 Å². The van der Waals surface area contributed by atoms with Crippen LogP contribution in [0.15, 0.2) is 66.9 Å². The molecule has 0 aliphatic carbocycles. The molecule has 2 aromatic carbocycles. The molecule has 0 unspecified atom stereocenters. The van der Waals surface area contributed by atoms with Gasteiger partial charge in [-0.05, 0) is 48.9 Å². The molecular weight excluding hydrogens is 354 g/mol. The van der Waals surface area contributed by atoms with E-state index in [1.165, 1.54) is 0 Å². The second kappa shape index (κ2) is 8.00. The molecule has 6 heteroatoms. The lowest BCUT2D eigenvalue weighted by molar-refractivity contribution is 0.0950. The van der Waals surface area contributed by atoms with Gasteiger partial charge in [0.25, 0.3) is 5.91 Å². The second-order valence-corrected chi connectivity index (χ2v) is 6.35. The topological polar surface area (TPSA) is 63.7 Å². The maximum Gasteiger partial charge on any atom is 0.251 e. The quantitative estimate of drug-likeness (QED) is 0.708. The molecule has 2 heterocycles. The predicted octanol–water partition coefficient (Wildman–Crippen LogP) is 3.90. The number of para-hydroxylation sites is 1. The summed E-state index contributed by atoms with van der Waals surface area (Å²) in [5.41, 5.74) is 2.56. The van der Waals surface area contributed by atoms with Gasteiger partial charge in [-0.2, -0.15) is 0 Å². The van der Waals surface area contributed by atoms with Crippen LogP contribution in [0.25, 0.3) is 0 Å². The summed E-state index contributed by atoms with van der Waals surface area (Å²) in [4.78, 5) is 19.1. The molecule has 6 nitrogen and oxygen atoms in total. The third kappa shape index (κ3) is 3.76. The SMILES string of the molecule is CCN(c1ccccc1)c1cc(C(=O)NCc2ccc3c(c2)OCO3)ccn1. The highest BCUT2D eigenvalue weighted by atomic mass is 16.7. The molecule has 0 saturated heterocycles. The summed E-state index contributed by atoms with van der Waals surface area (Å²) in [6, 6.07) is 19.2. The Bertz CT molecular complexity index is 976. The molecule has 0 fully saturated rings. The maximum absolute atomic E-state index is 12.6. The van der Waals surface area contributed by atoms with E-state index in [-0.39, 0.29) is 12.7 Å². The van der Waals surface area contributed by atoms with Crippen LogP contribution in [0, 0.1) is 0 Å². The smallest absolute Gasteiger partial charge is 0.251 e. The number of pyridine rings is 1. The van der Waals surface area contributed by atoms with Gasteiger partial charge in [-0.15, -0.1) is 0 Å². The minimum atomic E-state index is -0.148. The zero-order chi connectivity index (χ0) is 19.3. The molecule has 0 saturated carbocycles. The summed E-state index contributed by atoms with van der Waals surface area (Å²) in [5, 5.41) is 2.95. The lowest BCUT2D eigenvalue weighted by Crippen LogP contribution is -2.24. The average Bonchev–Trinajstić information content (AvgIpc) is 3.21. The van der Waals surface area contributed by atoms with Crippen molar-refractivity contribution in [3.8, 4) is 11.5 Å². The number of rotatable bonds is 6. The highest BCUT2D eigenvalue weighted by Crippen LogP contribution is 2.32. The van der Waals surface area contributed by atoms with Gasteiger partial charge in [0.15, 0.2) is 11.5 Å². The fraction of sp³-hybridized carbons (Fsp3) is 0.182. The number of amides is 1. The van der Waals surface area contributed by atoms with Gasteiger partial charge in [-0.3, -0.25) is 4.79 Å².